The van der Waals surface area contributed by atoms with E-state index in [1.807, 2.05) is 78.9 Å². The molecule has 6 heteroatoms. The highest BCUT2D eigenvalue weighted by molar-refractivity contribution is 6.31. The van der Waals surface area contributed by atoms with E-state index in [1.54, 1.807) is 31.4 Å². The summed E-state index contributed by atoms with van der Waals surface area (Å²) in [5, 5.41) is 0. The molecule has 4 aromatic carbocycles. The number of ketones is 1. The maximum atomic E-state index is 13.8. The molecule has 0 aliphatic heterocycles. The van der Waals surface area contributed by atoms with Crippen molar-refractivity contribution < 1.29 is 23.4 Å². The van der Waals surface area contributed by atoms with Crippen LogP contribution in [0.5, 0.6) is 17.2 Å². The number of carbonyl (C=O) groups is 1. The van der Waals surface area contributed by atoms with Crippen molar-refractivity contribution >= 4 is 28.5 Å². The van der Waals surface area contributed by atoms with Gasteiger partial charge in [0.1, 0.15) is 17.9 Å². The van der Waals surface area contributed by atoms with E-state index in [-0.39, 0.29) is 11.7 Å². The summed E-state index contributed by atoms with van der Waals surface area (Å²) in [6.45, 7) is 0.441. The fourth-order valence-corrected chi connectivity index (χ4v) is 3.95. The van der Waals surface area contributed by atoms with Gasteiger partial charge in [-0.3, -0.25) is 4.79 Å². The highest BCUT2D eigenvalue weighted by atomic mass is 16.5. The first-order valence-electron chi connectivity index (χ1n) is 11.8. The number of hydrogen-bond acceptors (Lipinski definition) is 6. The molecule has 0 spiro atoms. The molecular weight excluding hydrogens is 466 g/mol. The Hall–Kier alpha value is -4.84. The van der Waals surface area contributed by atoms with Crippen LogP contribution >= 0.6 is 0 Å². The average molecular weight is 492 g/mol. The number of carbonyl (C=O) groups excluding carboxylic acids is 1. The average Bonchev–Trinajstić information content (AvgIpc) is 3.39. The van der Waals surface area contributed by atoms with Crippen molar-refractivity contribution in [3.05, 3.63) is 120 Å². The van der Waals surface area contributed by atoms with Crippen LogP contribution in [-0.4, -0.2) is 25.0 Å². The number of nitrogens with zero attached hydrogens (tertiary/aromatic N) is 1. The fourth-order valence-electron chi connectivity index (χ4n) is 3.95. The second kappa shape index (κ2) is 10.8. The van der Waals surface area contributed by atoms with E-state index >= 15 is 0 Å². The standard InChI is InChI=1S/C31H25NO5/c1-34-28-16-15-23(19-29(28)35-2)30(33)25(31-32-26-13-6-7-14-27(26)37-31)18-22-11-8-12-24(17-22)36-20-21-9-4-3-5-10-21/h3-19H,20H2,1-2H3/b25-18-. The smallest absolute Gasteiger partial charge is 0.231 e. The van der Waals surface area contributed by atoms with Gasteiger partial charge in [-0.2, -0.15) is 0 Å². The third kappa shape index (κ3) is 5.38. The fraction of sp³-hybridized carbons (Fsp3) is 0.0968. The number of hydrogen-bond donors (Lipinski definition) is 0. The lowest BCUT2D eigenvalue weighted by atomic mass is 10.00. The largest absolute Gasteiger partial charge is 0.493 e. The number of rotatable bonds is 9. The Bertz CT molecular complexity index is 1540. The molecule has 6 nitrogen and oxygen atoms in total. The summed E-state index contributed by atoms with van der Waals surface area (Å²) in [6.07, 6.45) is 1.76. The van der Waals surface area contributed by atoms with E-state index in [0.717, 1.165) is 11.1 Å². The van der Waals surface area contributed by atoms with Gasteiger partial charge in [0.2, 0.25) is 5.89 Å². The van der Waals surface area contributed by atoms with Crippen molar-refractivity contribution in [2.24, 2.45) is 0 Å². The van der Waals surface area contributed by atoms with Gasteiger partial charge in [0.15, 0.2) is 22.9 Å². The summed E-state index contributed by atoms with van der Waals surface area (Å²) in [6, 6.07) is 30.0. The predicted octanol–water partition coefficient (Wildman–Crippen LogP) is 6.85. The molecular formula is C31H25NO5. The maximum absolute atomic E-state index is 13.8. The van der Waals surface area contributed by atoms with Crippen molar-refractivity contribution in [3.8, 4) is 17.2 Å². The van der Waals surface area contributed by atoms with Crippen molar-refractivity contribution in [2.45, 2.75) is 6.61 Å². The predicted molar refractivity (Wildman–Crippen MR) is 143 cm³/mol. The molecule has 0 saturated carbocycles. The van der Waals surface area contributed by atoms with E-state index in [1.165, 1.54) is 7.11 Å². The third-order valence-electron chi connectivity index (χ3n) is 5.83. The molecule has 0 bridgehead atoms. The molecule has 0 aliphatic rings. The highest BCUT2D eigenvalue weighted by Gasteiger charge is 2.22. The Morgan fingerprint density at radius 2 is 1.62 bits per heavy atom. The van der Waals surface area contributed by atoms with Gasteiger partial charge in [0.05, 0.1) is 19.8 Å². The molecule has 1 heterocycles. The third-order valence-corrected chi connectivity index (χ3v) is 5.83. The molecule has 0 aliphatic carbocycles. The lowest BCUT2D eigenvalue weighted by Crippen LogP contribution is -2.04. The van der Waals surface area contributed by atoms with Crippen LogP contribution in [0.1, 0.15) is 27.4 Å². The Kier molecular flexibility index (Phi) is 6.99. The van der Waals surface area contributed by atoms with Crippen molar-refractivity contribution in [1.29, 1.82) is 0 Å². The summed E-state index contributed by atoms with van der Waals surface area (Å²) in [5.41, 5.74) is 3.84. The van der Waals surface area contributed by atoms with Gasteiger partial charge >= 0.3 is 0 Å². The van der Waals surface area contributed by atoms with E-state index in [9.17, 15) is 4.79 Å². The summed E-state index contributed by atoms with van der Waals surface area (Å²) >= 11 is 0. The molecule has 1 aromatic heterocycles. The van der Waals surface area contributed by atoms with E-state index in [4.69, 9.17) is 18.6 Å². The van der Waals surface area contributed by atoms with Gasteiger partial charge in [-0.05, 0) is 59.7 Å². The van der Waals surface area contributed by atoms with Gasteiger partial charge < -0.3 is 18.6 Å². The zero-order valence-corrected chi connectivity index (χ0v) is 20.5. The first-order chi connectivity index (χ1) is 18.1. The molecule has 5 rings (SSSR count). The number of ether oxygens (including phenoxy) is 3. The van der Waals surface area contributed by atoms with Crippen molar-refractivity contribution in [2.75, 3.05) is 14.2 Å². The Balaban J connectivity index is 1.53. The van der Waals surface area contributed by atoms with Gasteiger partial charge in [0.25, 0.3) is 0 Å². The van der Waals surface area contributed by atoms with Gasteiger partial charge in [-0.25, -0.2) is 4.98 Å². The van der Waals surface area contributed by atoms with Crippen LogP contribution in [0.25, 0.3) is 22.7 Å². The molecule has 5 aromatic rings. The molecule has 0 atom stereocenters. The normalized spacial score (nSPS) is 11.4. The van der Waals surface area contributed by atoms with Crippen LogP contribution in [0.4, 0.5) is 0 Å². The zero-order chi connectivity index (χ0) is 25.6. The molecule has 0 saturated heterocycles. The Morgan fingerprint density at radius 1 is 0.838 bits per heavy atom. The summed E-state index contributed by atoms with van der Waals surface area (Å²) in [4.78, 5) is 18.4. The number of allylic oxidation sites excluding steroid dienone is 1. The lowest BCUT2D eigenvalue weighted by Gasteiger charge is -2.10. The summed E-state index contributed by atoms with van der Waals surface area (Å²) < 4.78 is 22.7. The van der Waals surface area contributed by atoms with Gasteiger partial charge in [-0.1, -0.05) is 54.6 Å². The van der Waals surface area contributed by atoms with Crippen LogP contribution < -0.4 is 14.2 Å². The quantitative estimate of drug-likeness (QED) is 0.166. The maximum Gasteiger partial charge on any atom is 0.231 e. The minimum atomic E-state index is -0.261. The molecule has 0 fully saturated rings. The SMILES string of the molecule is COc1ccc(C(=O)/C(=C/c2cccc(OCc3ccccc3)c2)c2nc3ccccc3o2)cc1OC. The second-order valence-electron chi connectivity index (χ2n) is 8.29. The number of para-hydroxylation sites is 2. The molecule has 184 valence electrons. The first-order valence-corrected chi connectivity index (χ1v) is 11.8. The molecule has 0 N–H and O–H groups in total. The van der Waals surface area contributed by atoms with Crippen LogP contribution in [0.2, 0.25) is 0 Å². The molecule has 0 amide bonds. The van der Waals surface area contributed by atoms with E-state index < -0.39 is 0 Å². The van der Waals surface area contributed by atoms with Crippen molar-refractivity contribution in [1.82, 2.24) is 4.98 Å². The summed E-state index contributed by atoms with van der Waals surface area (Å²) in [7, 11) is 3.08. The van der Waals surface area contributed by atoms with Crippen LogP contribution in [0.15, 0.2) is 101 Å². The topological polar surface area (TPSA) is 70.8 Å². The number of benzene rings is 4. The number of oxazole rings is 1. The van der Waals surface area contributed by atoms with Crippen LogP contribution in [0.3, 0.4) is 0 Å². The van der Waals surface area contributed by atoms with Gasteiger partial charge in [0, 0.05) is 5.56 Å². The van der Waals surface area contributed by atoms with E-state index in [2.05, 4.69) is 4.98 Å². The zero-order valence-electron chi connectivity index (χ0n) is 20.5. The Labute approximate surface area is 214 Å². The molecule has 0 unspecified atom stereocenters. The number of aromatic nitrogens is 1. The van der Waals surface area contributed by atoms with Crippen LogP contribution in [0, 0.1) is 0 Å². The second-order valence-corrected chi connectivity index (χ2v) is 8.29. The molecule has 0 radical (unpaired) electrons. The van der Waals surface area contributed by atoms with Gasteiger partial charge in [-0.15, -0.1) is 0 Å². The Morgan fingerprint density at radius 3 is 2.41 bits per heavy atom. The van der Waals surface area contributed by atoms with E-state index in [0.29, 0.717) is 46.1 Å². The number of Topliss-reactive ketones (excluding diaryl/α,β-unsaturated/α-hetero) is 1. The first kappa shape index (κ1) is 23.9. The highest BCUT2D eigenvalue weighted by Crippen LogP contribution is 2.32. The minimum absolute atomic E-state index is 0.233. The number of methoxy groups -OCH3 is 2. The van der Waals surface area contributed by atoms with Crippen LogP contribution in [-0.2, 0) is 6.61 Å². The lowest BCUT2D eigenvalue weighted by molar-refractivity contribution is 0.105. The number of fused-ring (bicyclic) bond motifs is 1. The monoisotopic (exact) mass is 491 g/mol. The summed E-state index contributed by atoms with van der Waals surface area (Å²) in [5.74, 6) is 1.66. The molecule has 37 heavy (non-hydrogen) atoms. The van der Waals surface area contributed by atoms with Crippen molar-refractivity contribution in [3.63, 3.8) is 0 Å². The minimum Gasteiger partial charge on any atom is -0.493 e.